The third kappa shape index (κ3) is 6.99. The molecule has 27 heavy (non-hydrogen) atoms. The number of nitrogens with zero attached hydrogens (tertiary/aromatic N) is 2. The number of rotatable bonds is 10. The molecule has 0 radical (unpaired) electrons. The molecule has 8 heteroatoms. The molecule has 0 aliphatic rings. The molecular weight excluding hydrogens is 366 g/mol. The van der Waals surface area contributed by atoms with E-state index in [1.165, 1.54) is 4.31 Å². The summed E-state index contributed by atoms with van der Waals surface area (Å²) in [5.74, 6) is 0.594. The summed E-state index contributed by atoms with van der Waals surface area (Å²) in [7, 11) is -1.81. The van der Waals surface area contributed by atoms with E-state index in [1.807, 2.05) is 24.3 Å². The standard InChI is InChI=1S/C19H25N3O4S/c1-26-18-8-4-3-7-17(18)9-12-21-19(23)10-13-22(27(2,24)25)15-16-6-5-11-20-14-16/h3-8,11,14H,9-10,12-13,15H2,1-2H3,(H,21,23). The smallest absolute Gasteiger partial charge is 0.221 e. The van der Waals surface area contributed by atoms with Crippen molar-refractivity contribution in [3.63, 3.8) is 0 Å². The number of hydrogen-bond donors (Lipinski definition) is 1. The van der Waals surface area contributed by atoms with E-state index in [-0.39, 0.29) is 25.4 Å². The van der Waals surface area contributed by atoms with Gasteiger partial charge in [0.15, 0.2) is 0 Å². The molecule has 7 nitrogen and oxygen atoms in total. The van der Waals surface area contributed by atoms with Gasteiger partial charge in [-0.1, -0.05) is 24.3 Å². The van der Waals surface area contributed by atoms with Gasteiger partial charge in [-0.2, -0.15) is 4.31 Å². The third-order valence-corrected chi connectivity index (χ3v) is 5.30. The molecule has 2 rings (SSSR count). The van der Waals surface area contributed by atoms with Gasteiger partial charge in [0.25, 0.3) is 0 Å². The van der Waals surface area contributed by atoms with Gasteiger partial charge >= 0.3 is 0 Å². The second kappa shape index (κ2) is 10.0. The molecule has 146 valence electrons. The van der Waals surface area contributed by atoms with E-state index in [9.17, 15) is 13.2 Å². The summed E-state index contributed by atoms with van der Waals surface area (Å²) >= 11 is 0. The maximum absolute atomic E-state index is 12.1. The van der Waals surface area contributed by atoms with Crippen LogP contribution in [0.1, 0.15) is 17.5 Å². The maximum atomic E-state index is 12.1. The van der Waals surface area contributed by atoms with Gasteiger partial charge in [-0.3, -0.25) is 9.78 Å². The Kier molecular flexibility index (Phi) is 7.75. The fraction of sp³-hybridized carbons (Fsp3) is 0.368. The van der Waals surface area contributed by atoms with Gasteiger partial charge in [-0.25, -0.2) is 8.42 Å². The zero-order valence-electron chi connectivity index (χ0n) is 15.6. The number of hydrogen-bond acceptors (Lipinski definition) is 5. The van der Waals surface area contributed by atoms with Crippen LogP contribution in [0.15, 0.2) is 48.8 Å². The molecule has 1 aromatic carbocycles. The van der Waals surface area contributed by atoms with Crippen LogP contribution in [0.25, 0.3) is 0 Å². The van der Waals surface area contributed by atoms with Gasteiger partial charge < -0.3 is 10.1 Å². The van der Waals surface area contributed by atoms with Crippen LogP contribution in [-0.2, 0) is 27.8 Å². The summed E-state index contributed by atoms with van der Waals surface area (Å²) in [5, 5.41) is 2.82. The van der Waals surface area contributed by atoms with Crippen LogP contribution in [0.4, 0.5) is 0 Å². The number of para-hydroxylation sites is 1. The van der Waals surface area contributed by atoms with Crippen LogP contribution in [0.5, 0.6) is 5.75 Å². The monoisotopic (exact) mass is 391 g/mol. The highest BCUT2D eigenvalue weighted by Gasteiger charge is 2.18. The van der Waals surface area contributed by atoms with E-state index in [1.54, 1.807) is 31.6 Å². The van der Waals surface area contributed by atoms with Gasteiger partial charge in [0, 0.05) is 38.4 Å². The first-order chi connectivity index (χ1) is 12.9. The third-order valence-electron chi connectivity index (χ3n) is 4.05. The number of methoxy groups -OCH3 is 1. The highest BCUT2D eigenvalue weighted by molar-refractivity contribution is 7.88. The van der Waals surface area contributed by atoms with Crippen molar-refractivity contribution in [2.24, 2.45) is 0 Å². The van der Waals surface area contributed by atoms with Gasteiger partial charge in [-0.05, 0) is 29.7 Å². The predicted molar refractivity (Wildman–Crippen MR) is 104 cm³/mol. The van der Waals surface area contributed by atoms with E-state index in [0.717, 1.165) is 23.1 Å². The van der Waals surface area contributed by atoms with Crippen LogP contribution in [0, 0.1) is 0 Å². The fourth-order valence-electron chi connectivity index (χ4n) is 2.62. The first-order valence-electron chi connectivity index (χ1n) is 8.63. The molecule has 0 saturated heterocycles. The van der Waals surface area contributed by atoms with Crippen LogP contribution in [-0.4, -0.2) is 50.1 Å². The van der Waals surface area contributed by atoms with Crippen LogP contribution >= 0.6 is 0 Å². The molecule has 0 spiro atoms. The van der Waals surface area contributed by atoms with Gasteiger partial charge in [0.2, 0.25) is 15.9 Å². The number of pyridine rings is 1. The molecular formula is C19H25N3O4S. The number of ether oxygens (including phenoxy) is 1. The van der Waals surface area contributed by atoms with Crippen molar-refractivity contribution >= 4 is 15.9 Å². The zero-order chi connectivity index (χ0) is 19.7. The minimum Gasteiger partial charge on any atom is -0.496 e. The SMILES string of the molecule is COc1ccccc1CCNC(=O)CCN(Cc1cccnc1)S(C)(=O)=O. The Morgan fingerprint density at radius 3 is 2.67 bits per heavy atom. The second-order valence-electron chi connectivity index (χ2n) is 6.12. The Hall–Kier alpha value is -2.45. The number of nitrogens with one attached hydrogen (secondary N) is 1. The summed E-state index contributed by atoms with van der Waals surface area (Å²) in [6.45, 7) is 0.774. The van der Waals surface area contributed by atoms with Crippen molar-refractivity contribution in [2.75, 3.05) is 26.5 Å². The summed E-state index contributed by atoms with van der Waals surface area (Å²) in [6, 6.07) is 11.2. The lowest BCUT2D eigenvalue weighted by atomic mass is 10.1. The highest BCUT2D eigenvalue weighted by Crippen LogP contribution is 2.17. The van der Waals surface area contributed by atoms with Crippen molar-refractivity contribution in [1.29, 1.82) is 0 Å². The lowest BCUT2D eigenvalue weighted by molar-refractivity contribution is -0.121. The van der Waals surface area contributed by atoms with Crippen LogP contribution in [0.3, 0.4) is 0 Å². The van der Waals surface area contributed by atoms with Crippen LogP contribution in [0.2, 0.25) is 0 Å². The summed E-state index contributed by atoms with van der Waals surface area (Å²) in [6.07, 6.45) is 5.12. The average Bonchev–Trinajstić information content (AvgIpc) is 2.65. The van der Waals surface area contributed by atoms with E-state index in [4.69, 9.17) is 4.74 Å². The maximum Gasteiger partial charge on any atom is 0.221 e. The molecule has 0 aliphatic heterocycles. The largest absolute Gasteiger partial charge is 0.496 e. The number of benzene rings is 1. The first kappa shape index (κ1) is 20.9. The fourth-order valence-corrected chi connectivity index (χ4v) is 3.42. The minimum absolute atomic E-state index is 0.0965. The van der Waals surface area contributed by atoms with Crippen molar-refractivity contribution in [2.45, 2.75) is 19.4 Å². The molecule has 0 fully saturated rings. The molecule has 0 bridgehead atoms. The molecule has 0 saturated carbocycles. The highest BCUT2D eigenvalue weighted by atomic mass is 32.2. The molecule has 0 aliphatic carbocycles. The number of aromatic nitrogens is 1. The molecule has 0 atom stereocenters. The van der Waals surface area contributed by atoms with Crippen molar-refractivity contribution in [3.8, 4) is 5.75 Å². The molecule has 2 aromatic rings. The summed E-state index contributed by atoms with van der Waals surface area (Å²) in [5.41, 5.74) is 1.79. The number of sulfonamides is 1. The number of amides is 1. The Morgan fingerprint density at radius 1 is 1.22 bits per heavy atom. The topological polar surface area (TPSA) is 88.6 Å². The number of carbonyl (C=O) groups is 1. The lowest BCUT2D eigenvalue weighted by Crippen LogP contribution is -2.34. The average molecular weight is 391 g/mol. The second-order valence-corrected chi connectivity index (χ2v) is 8.10. The quantitative estimate of drug-likeness (QED) is 0.665. The normalized spacial score (nSPS) is 11.4. The zero-order valence-corrected chi connectivity index (χ0v) is 16.4. The Morgan fingerprint density at radius 2 is 2.00 bits per heavy atom. The van der Waals surface area contributed by atoms with Gasteiger partial charge in [-0.15, -0.1) is 0 Å². The lowest BCUT2D eigenvalue weighted by Gasteiger charge is -2.19. The molecule has 1 heterocycles. The van der Waals surface area contributed by atoms with Crippen molar-refractivity contribution < 1.29 is 17.9 Å². The van der Waals surface area contributed by atoms with Crippen molar-refractivity contribution in [3.05, 3.63) is 59.9 Å². The minimum atomic E-state index is -3.42. The van der Waals surface area contributed by atoms with E-state index in [2.05, 4.69) is 10.3 Å². The first-order valence-corrected chi connectivity index (χ1v) is 10.5. The Bertz CT molecular complexity index is 841. The molecule has 1 N–H and O–H groups in total. The van der Waals surface area contributed by atoms with E-state index < -0.39 is 10.0 Å². The van der Waals surface area contributed by atoms with Gasteiger partial charge in [0.1, 0.15) is 5.75 Å². The van der Waals surface area contributed by atoms with Crippen LogP contribution < -0.4 is 10.1 Å². The van der Waals surface area contributed by atoms with E-state index in [0.29, 0.717) is 13.0 Å². The summed E-state index contributed by atoms with van der Waals surface area (Å²) < 4.78 is 30.5. The Balaban J connectivity index is 1.83. The van der Waals surface area contributed by atoms with Crippen molar-refractivity contribution in [1.82, 2.24) is 14.6 Å². The summed E-state index contributed by atoms with van der Waals surface area (Å²) in [4.78, 5) is 16.1. The molecule has 1 aromatic heterocycles. The Labute approximate surface area is 160 Å². The molecule has 1 amide bonds. The van der Waals surface area contributed by atoms with Gasteiger partial charge in [0.05, 0.1) is 13.4 Å². The van der Waals surface area contributed by atoms with E-state index >= 15 is 0 Å². The predicted octanol–water partition coefficient (Wildman–Crippen LogP) is 1.60. The molecule has 0 unspecified atom stereocenters. The number of carbonyl (C=O) groups excluding carboxylic acids is 1.